The highest BCUT2D eigenvalue weighted by Crippen LogP contribution is 2.76. The van der Waals surface area contributed by atoms with E-state index in [2.05, 4.69) is 29.1 Å². The smallest absolute Gasteiger partial charge is 0.373 e. The van der Waals surface area contributed by atoms with Crippen molar-refractivity contribution in [2.75, 3.05) is 23.8 Å². The van der Waals surface area contributed by atoms with Gasteiger partial charge in [-0.2, -0.15) is 13.2 Å². The quantitative estimate of drug-likeness (QED) is 0.831. The van der Waals surface area contributed by atoms with Crippen molar-refractivity contribution in [2.45, 2.75) is 44.3 Å². The zero-order valence-corrected chi connectivity index (χ0v) is 13.9. The molecule has 4 nitrogen and oxygen atoms in total. The van der Waals surface area contributed by atoms with Crippen LogP contribution in [0, 0.1) is 11.3 Å². The van der Waals surface area contributed by atoms with E-state index in [4.69, 9.17) is 11.6 Å². The average molecular weight is 347 g/mol. The van der Waals surface area contributed by atoms with Crippen molar-refractivity contribution in [3.05, 3.63) is 10.8 Å². The molecule has 2 fully saturated rings. The van der Waals surface area contributed by atoms with Crippen molar-refractivity contribution in [2.24, 2.45) is 11.3 Å². The SMILES string of the molecule is CNc1nc(Cl)nc2c1C(C)(C)CN2[C@@H]1CC2(C(F)(F)F)CC12. The van der Waals surface area contributed by atoms with Gasteiger partial charge in [0.2, 0.25) is 5.28 Å². The second-order valence-corrected chi connectivity index (χ2v) is 7.88. The van der Waals surface area contributed by atoms with Crippen molar-refractivity contribution < 1.29 is 13.2 Å². The molecule has 1 aromatic heterocycles. The maximum Gasteiger partial charge on any atom is 0.394 e. The van der Waals surface area contributed by atoms with Crippen LogP contribution in [-0.4, -0.2) is 35.8 Å². The zero-order chi connectivity index (χ0) is 16.8. The summed E-state index contributed by atoms with van der Waals surface area (Å²) >= 11 is 6.01. The number of hydrogen-bond acceptors (Lipinski definition) is 4. The molecular weight excluding hydrogens is 329 g/mol. The lowest BCUT2D eigenvalue weighted by Crippen LogP contribution is -2.51. The molecule has 0 spiro atoms. The Labute approximate surface area is 137 Å². The van der Waals surface area contributed by atoms with Crippen molar-refractivity contribution >= 4 is 23.2 Å². The van der Waals surface area contributed by atoms with Gasteiger partial charge >= 0.3 is 6.18 Å². The minimum Gasteiger partial charge on any atom is -0.373 e. The Hall–Kier alpha value is -1.24. The first-order valence-corrected chi connectivity index (χ1v) is 8.08. The maximum atomic E-state index is 13.1. The van der Waals surface area contributed by atoms with Crippen LogP contribution in [-0.2, 0) is 5.41 Å². The molecule has 126 valence electrons. The number of rotatable bonds is 2. The van der Waals surface area contributed by atoms with E-state index in [9.17, 15) is 13.2 Å². The van der Waals surface area contributed by atoms with E-state index in [1.807, 2.05) is 4.90 Å². The Morgan fingerprint density at radius 2 is 1.96 bits per heavy atom. The Morgan fingerprint density at radius 1 is 1.26 bits per heavy atom. The second-order valence-electron chi connectivity index (χ2n) is 7.54. The van der Waals surface area contributed by atoms with Gasteiger partial charge in [0, 0.05) is 30.6 Å². The molecule has 3 atom stereocenters. The summed E-state index contributed by atoms with van der Waals surface area (Å²) in [6, 6.07) is -0.104. The molecule has 2 aliphatic carbocycles. The highest BCUT2D eigenvalue weighted by Gasteiger charge is 2.80. The third-order valence-electron chi connectivity index (χ3n) is 5.75. The highest BCUT2D eigenvalue weighted by atomic mass is 35.5. The van der Waals surface area contributed by atoms with Gasteiger partial charge in [-0.1, -0.05) is 13.8 Å². The van der Waals surface area contributed by atoms with Crippen molar-refractivity contribution in [3.63, 3.8) is 0 Å². The molecule has 3 aliphatic rings. The number of aromatic nitrogens is 2. The number of nitrogens with zero attached hydrogens (tertiary/aromatic N) is 3. The van der Waals surface area contributed by atoms with Crippen molar-refractivity contribution in [3.8, 4) is 0 Å². The first kappa shape index (κ1) is 15.3. The van der Waals surface area contributed by atoms with Gasteiger partial charge in [0.1, 0.15) is 11.6 Å². The molecule has 2 saturated carbocycles. The summed E-state index contributed by atoms with van der Waals surface area (Å²) in [5.41, 5.74) is -0.730. The molecule has 1 aliphatic heterocycles. The second kappa shape index (κ2) is 4.23. The summed E-state index contributed by atoms with van der Waals surface area (Å²) in [5.74, 6) is 1.03. The minimum absolute atomic E-state index is 0.104. The molecule has 8 heteroatoms. The average Bonchev–Trinajstić information content (AvgIpc) is 2.92. The number of anilines is 2. The molecule has 0 aromatic carbocycles. The summed E-state index contributed by atoms with van der Waals surface area (Å²) in [6.07, 6.45) is -3.69. The summed E-state index contributed by atoms with van der Waals surface area (Å²) in [5, 5.41) is 3.15. The molecule has 2 unspecified atom stereocenters. The molecule has 0 amide bonds. The Morgan fingerprint density at radius 3 is 2.48 bits per heavy atom. The molecule has 1 N–H and O–H groups in total. The van der Waals surface area contributed by atoms with Gasteiger partial charge < -0.3 is 10.2 Å². The topological polar surface area (TPSA) is 41.1 Å². The molecular formula is C15H18ClF3N4. The maximum absolute atomic E-state index is 13.1. The summed E-state index contributed by atoms with van der Waals surface area (Å²) in [6.45, 7) is 4.76. The lowest BCUT2D eigenvalue weighted by molar-refractivity contribution is -0.211. The molecule has 1 aromatic rings. The Bertz CT molecular complexity index is 690. The third-order valence-corrected chi connectivity index (χ3v) is 5.92. The number of halogens is 4. The van der Waals surface area contributed by atoms with Crippen molar-refractivity contribution in [1.82, 2.24) is 9.97 Å². The van der Waals surface area contributed by atoms with E-state index < -0.39 is 11.6 Å². The summed E-state index contributed by atoms with van der Waals surface area (Å²) in [4.78, 5) is 10.6. The van der Waals surface area contributed by atoms with Crippen LogP contribution in [0.1, 0.15) is 32.3 Å². The first-order chi connectivity index (χ1) is 10.6. The number of alkyl halides is 3. The van der Waals surface area contributed by atoms with Crippen LogP contribution in [0.15, 0.2) is 0 Å². The number of nitrogens with one attached hydrogen (secondary N) is 1. The first-order valence-electron chi connectivity index (χ1n) is 7.70. The van der Waals surface area contributed by atoms with Crippen LogP contribution in [0.5, 0.6) is 0 Å². The zero-order valence-electron chi connectivity index (χ0n) is 13.1. The fourth-order valence-corrected chi connectivity index (χ4v) is 4.65. The van der Waals surface area contributed by atoms with Crippen LogP contribution in [0.25, 0.3) is 0 Å². The lowest BCUT2D eigenvalue weighted by atomic mass is 9.78. The minimum atomic E-state index is -4.09. The van der Waals surface area contributed by atoms with Gasteiger partial charge in [-0.05, 0) is 30.4 Å². The predicted molar refractivity (Wildman–Crippen MR) is 82.0 cm³/mol. The van der Waals surface area contributed by atoms with Gasteiger partial charge in [0.25, 0.3) is 0 Å². The van der Waals surface area contributed by atoms with Crippen LogP contribution >= 0.6 is 11.6 Å². The van der Waals surface area contributed by atoms with Gasteiger partial charge in [-0.15, -0.1) is 0 Å². The van der Waals surface area contributed by atoms with Crippen molar-refractivity contribution in [1.29, 1.82) is 0 Å². The molecule has 0 bridgehead atoms. The third kappa shape index (κ3) is 1.85. The van der Waals surface area contributed by atoms with E-state index >= 15 is 0 Å². The Kier molecular flexibility index (Phi) is 2.82. The van der Waals surface area contributed by atoms with Crippen LogP contribution in [0.2, 0.25) is 5.28 Å². The standard InChI is InChI=1S/C15H18ClF3N4/c1-13(2)6-23(8-5-14(4-7(8)14)15(17,18)19)11-9(13)10(20-3)21-12(16)22-11/h7-8H,4-6H2,1-3H3,(H,20,21,22)/t7?,8-,14?/m1/s1. The van der Waals surface area contributed by atoms with Crippen LogP contribution in [0.3, 0.4) is 0 Å². The monoisotopic (exact) mass is 346 g/mol. The van der Waals surface area contributed by atoms with E-state index in [0.29, 0.717) is 18.2 Å². The number of hydrogen-bond donors (Lipinski definition) is 1. The van der Waals surface area contributed by atoms with Gasteiger partial charge in [-0.3, -0.25) is 0 Å². The van der Waals surface area contributed by atoms with Gasteiger partial charge in [-0.25, -0.2) is 9.97 Å². The fourth-order valence-electron chi connectivity index (χ4n) is 4.48. The molecule has 23 heavy (non-hydrogen) atoms. The molecule has 4 rings (SSSR count). The molecule has 2 heterocycles. The van der Waals surface area contributed by atoms with E-state index in [0.717, 1.165) is 5.56 Å². The van der Waals surface area contributed by atoms with E-state index in [-0.39, 0.29) is 35.5 Å². The van der Waals surface area contributed by atoms with E-state index in [1.165, 1.54) is 0 Å². The summed E-state index contributed by atoms with van der Waals surface area (Å²) < 4.78 is 39.4. The lowest BCUT2D eigenvalue weighted by Gasteiger charge is -2.42. The Balaban J connectivity index is 1.69. The normalized spacial score (nSPS) is 33.8. The molecule has 0 saturated heterocycles. The van der Waals surface area contributed by atoms with Crippen LogP contribution < -0.4 is 10.2 Å². The van der Waals surface area contributed by atoms with Gasteiger partial charge in [0.15, 0.2) is 0 Å². The molecule has 0 radical (unpaired) electrons. The van der Waals surface area contributed by atoms with E-state index in [1.54, 1.807) is 7.05 Å². The highest BCUT2D eigenvalue weighted by molar-refractivity contribution is 6.28. The fraction of sp³-hybridized carbons (Fsp3) is 0.733. The van der Waals surface area contributed by atoms with Gasteiger partial charge in [0.05, 0.1) is 5.41 Å². The number of fused-ring (bicyclic) bond motifs is 2. The van der Waals surface area contributed by atoms with Crippen LogP contribution in [0.4, 0.5) is 24.8 Å². The largest absolute Gasteiger partial charge is 0.394 e. The summed E-state index contributed by atoms with van der Waals surface area (Å²) in [7, 11) is 1.76. The predicted octanol–water partition coefficient (Wildman–Crippen LogP) is 3.61.